The Morgan fingerprint density at radius 2 is 1.96 bits per heavy atom. The van der Waals surface area contributed by atoms with E-state index in [1.54, 1.807) is 6.07 Å². The molecule has 1 atom stereocenters. The number of halogens is 2. The first kappa shape index (κ1) is 17.0. The van der Waals surface area contributed by atoms with E-state index in [2.05, 4.69) is 4.98 Å². The lowest BCUT2D eigenvalue weighted by molar-refractivity contribution is 0.395. The van der Waals surface area contributed by atoms with Crippen LogP contribution in [0, 0.1) is 23.0 Å². The average molecular weight is 337 g/mol. The van der Waals surface area contributed by atoms with Gasteiger partial charge < -0.3 is 0 Å². The Morgan fingerprint density at radius 1 is 1.26 bits per heavy atom. The Kier molecular flexibility index (Phi) is 4.73. The van der Waals surface area contributed by atoms with Crippen LogP contribution in [0.5, 0.6) is 0 Å². The van der Waals surface area contributed by atoms with E-state index in [0.717, 1.165) is 16.4 Å². The average Bonchev–Trinajstić information content (AvgIpc) is 2.55. The van der Waals surface area contributed by atoms with Crippen LogP contribution in [-0.2, 0) is 10.0 Å². The third kappa shape index (κ3) is 3.21. The van der Waals surface area contributed by atoms with Crippen molar-refractivity contribution in [3.05, 3.63) is 59.4 Å². The van der Waals surface area contributed by atoms with Gasteiger partial charge >= 0.3 is 0 Å². The molecular formula is C15H13F2N3O2S. The summed E-state index contributed by atoms with van der Waals surface area (Å²) in [7, 11) is -2.72. The van der Waals surface area contributed by atoms with E-state index in [1.165, 1.54) is 38.4 Å². The molecule has 0 spiro atoms. The number of sulfonamides is 1. The van der Waals surface area contributed by atoms with Crippen LogP contribution in [0.15, 0.2) is 41.4 Å². The monoisotopic (exact) mass is 337 g/mol. The number of nitriles is 1. The highest BCUT2D eigenvalue weighted by molar-refractivity contribution is 7.89. The van der Waals surface area contributed by atoms with Gasteiger partial charge in [0.1, 0.15) is 11.0 Å². The standard InChI is InChI=1S/C15H13F2N3O2S/c1-10(11-5-6-12(16)13(17)8-11)20(2)23(21,22)15-4-3-7-19-14(15)9-18/h3-8,10H,1-2H3. The van der Waals surface area contributed by atoms with Crippen LogP contribution in [-0.4, -0.2) is 24.8 Å². The molecule has 2 rings (SSSR count). The maximum Gasteiger partial charge on any atom is 0.246 e. The highest BCUT2D eigenvalue weighted by Crippen LogP contribution is 2.27. The zero-order valence-corrected chi connectivity index (χ0v) is 13.2. The second-order valence-electron chi connectivity index (χ2n) is 4.83. The lowest BCUT2D eigenvalue weighted by atomic mass is 10.1. The molecule has 0 aliphatic carbocycles. The summed E-state index contributed by atoms with van der Waals surface area (Å²) in [5.41, 5.74) is 0.0641. The van der Waals surface area contributed by atoms with Crippen molar-refractivity contribution in [3.63, 3.8) is 0 Å². The van der Waals surface area contributed by atoms with E-state index >= 15 is 0 Å². The van der Waals surface area contributed by atoms with Crippen molar-refractivity contribution < 1.29 is 17.2 Å². The Balaban J connectivity index is 2.43. The molecule has 0 amide bonds. The van der Waals surface area contributed by atoms with Gasteiger partial charge in [0.2, 0.25) is 10.0 Å². The highest BCUT2D eigenvalue weighted by atomic mass is 32.2. The minimum Gasteiger partial charge on any atom is -0.244 e. The van der Waals surface area contributed by atoms with E-state index in [4.69, 9.17) is 5.26 Å². The summed E-state index contributed by atoms with van der Waals surface area (Å²) in [6, 6.07) is 6.83. The lowest BCUT2D eigenvalue weighted by Gasteiger charge is -2.25. The molecule has 0 aliphatic heterocycles. The van der Waals surface area contributed by atoms with Crippen LogP contribution < -0.4 is 0 Å². The minimum atomic E-state index is -4.02. The fraction of sp³-hybridized carbons (Fsp3) is 0.200. The van der Waals surface area contributed by atoms with E-state index in [1.807, 2.05) is 0 Å². The van der Waals surface area contributed by atoms with Crippen LogP contribution in [0.2, 0.25) is 0 Å². The van der Waals surface area contributed by atoms with Crippen molar-refractivity contribution in [3.8, 4) is 6.07 Å². The molecule has 1 aromatic heterocycles. The van der Waals surface area contributed by atoms with Crippen LogP contribution in [0.3, 0.4) is 0 Å². The van der Waals surface area contributed by atoms with Gasteiger partial charge in [-0.3, -0.25) is 0 Å². The number of rotatable bonds is 4. The second-order valence-corrected chi connectivity index (χ2v) is 6.80. The highest BCUT2D eigenvalue weighted by Gasteiger charge is 2.29. The molecule has 5 nitrogen and oxygen atoms in total. The zero-order valence-electron chi connectivity index (χ0n) is 12.4. The van der Waals surface area contributed by atoms with Gasteiger partial charge in [-0.1, -0.05) is 6.07 Å². The summed E-state index contributed by atoms with van der Waals surface area (Å²) in [5.74, 6) is -2.07. The van der Waals surface area contributed by atoms with Crippen molar-refractivity contribution >= 4 is 10.0 Å². The largest absolute Gasteiger partial charge is 0.246 e. The van der Waals surface area contributed by atoms with Gasteiger partial charge in [-0.25, -0.2) is 22.2 Å². The van der Waals surface area contributed by atoms with Crippen LogP contribution in [0.4, 0.5) is 8.78 Å². The van der Waals surface area contributed by atoms with Crippen molar-refractivity contribution in [2.45, 2.75) is 17.9 Å². The van der Waals surface area contributed by atoms with Gasteiger partial charge in [0.15, 0.2) is 17.3 Å². The van der Waals surface area contributed by atoms with Crippen molar-refractivity contribution in [1.29, 1.82) is 5.26 Å². The normalized spacial score (nSPS) is 12.9. The molecule has 0 saturated heterocycles. The van der Waals surface area contributed by atoms with E-state index < -0.39 is 27.7 Å². The minimum absolute atomic E-state index is 0.225. The van der Waals surface area contributed by atoms with Gasteiger partial charge in [0.05, 0.1) is 0 Å². The third-order valence-corrected chi connectivity index (χ3v) is 5.46. The Bertz CT molecular complexity index is 879. The first-order valence-corrected chi connectivity index (χ1v) is 8.01. The molecule has 0 bridgehead atoms. The molecule has 0 aliphatic rings. The van der Waals surface area contributed by atoms with E-state index in [0.29, 0.717) is 0 Å². The summed E-state index contributed by atoms with van der Waals surface area (Å²) < 4.78 is 52.6. The van der Waals surface area contributed by atoms with Gasteiger partial charge in [-0.05, 0) is 36.8 Å². The number of benzene rings is 1. The van der Waals surface area contributed by atoms with Gasteiger partial charge in [0.25, 0.3) is 0 Å². The SMILES string of the molecule is CC(c1ccc(F)c(F)c1)N(C)S(=O)(=O)c1cccnc1C#N. The van der Waals surface area contributed by atoms with Gasteiger partial charge in [0, 0.05) is 19.3 Å². The molecule has 120 valence electrons. The molecule has 0 radical (unpaired) electrons. The summed E-state index contributed by atoms with van der Waals surface area (Å²) in [6.45, 7) is 1.53. The molecule has 2 aromatic rings. The Hall–Kier alpha value is -2.37. The third-order valence-electron chi connectivity index (χ3n) is 3.51. The molecule has 1 heterocycles. The van der Waals surface area contributed by atoms with E-state index in [-0.39, 0.29) is 16.2 Å². The summed E-state index contributed by atoms with van der Waals surface area (Å²) >= 11 is 0. The van der Waals surface area contributed by atoms with E-state index in [9.17, 15) is 17.2 Å². The smallest absolute Gasteiger partial charge is 0.244 e. The molecule has 8 heteroatoms. The summed E-state index contributed by atoms with van der Waals surface area (Å²) in [5, 5.41) is 9.00. The predicted molar refractivity (Wildman–Crippen MR) is 78.7 cm³/mol. The van der Waals surface area contributed by atoms with Gasteiger partial charge in [-0.15, -0.1) is 0 Å². The number of hydrogen-bond donors (Lipinski definition) is 0. The Labute approximate surface area is 132 Å². The number of nitrogens with zero attached hydrogens (tertiary/aromatic N) is 3. The topological polar surface area (TPSA) is 74.1 Å². The molecule has 1 unspecified atom stereocenters. The maximum absolute atomic E-state index is 13.3. The number of aromatic nitrogens is 1. The summed E-state index contributed by atoms with van der Waals surface area (Å²) in [4.78, 5) is 3.49. The first-order valence-electron chi connectivity index (χ1n) is 6.57. The molecular weight excluding hydrogens is 324 g/mol. The van der Waals surface area contributed by atoms with Crippen molar-refractivity contribution in [1.82, 2.24) is 9.29 Å². The number of hydrogen-bond acceptors (Lipinski definition) is 4. The van der Waals surface area contributed by atoms with Crippen molar-refractivity contribution in [2.75, 3.05) is 7.05 Å². The number of pyridine rings is 1. The fourth-order valence-electron chi connectivity index (χ4n) is 2.03. The Morgan fingerprint density at radius 3 is 2.57 bits per heavy atom. The fourth-order valence-corrected chi connectivity index (χ4v) is 3.47. The predicted octanol–water partition coefficient (Wildman–Crippen LogP) is 2.61. The second kappa shape index (κ2) is 6.40. The summed E-state index contributed by atoms with van der Waals surface area (Å²) in [6.07, 6.45) is 1.32. The quantitative estimate of drug-likeness (QED) is 0.859. The zero-order chi connectivity index (χ0) is 17.2. The molecule has 0 N–H and O–H groups in total. The molecule has 1 aromatic carbocycles. The maximum atomic E-state index is 13.3. The van der Waals surface area contributed by atoms with Gasteiger partial charge in [-0.2, -0.15) is 9.57 Å². The first-order chi connectivity index (χ1) is 10.8. The lowest BCUT2D eigenvalue weighted by Crippen LogP contribution is -2.30. The van der Waals surface area contributed by atoms with Crippen LogP contribution in [0.25, 0.3) is 0 Å². The molecule has 23 heavy (non-hydrogen) atoms. The molecule has 0 saturated carbocycles. The van der Waals surface area contributed by atoms with Crippen LogP contribution >= 0.6 is 0 Å². The van der Waals surface area contributed by atoms with Crippen molar-refractivity contribution in [2.24, 2.45) is 0 Å². The molecule has 0 fully saturated rings. The van der Waals surface area contributed by atoms with Crippen LogP contribution in [0.1, 0.15) is 24.2 Å².